The number of aryl methyl sites for hydroxylation is 2. The molecule has 1 nitrogen and oxygen atoms in total. The molecule has 0 radical (unpaired) electrons. The highest BCUT2D eigenvalue weighted by molar-refractivity contribution is 7.99. The fraction of sp³-hybridized carbons (Fsp3) is 0.600. The van der Waals surface area contributed by atoms with Crippen LogP contribution >= 0.6 is 11.8 Å². The van der Waals surface area contributed by atoms with Gasteiger partial charge in [-0.2, -0.15) is 0 Å². The van der Waals surface area contributed by atoms with Crippen LogP contribution in [0.3, 0.4) is 0 Å². The van der Waals surface area contributed by atoms with Gasteiger partial charge in [-0.15, -0.1) is 11.8 Å². The molecule has 0 aromatic heterocycles. The lowest BCUT2D eigenvalue weighted by molar-refractivity contribution is 0.463. The zero-order valence-electron chi connectivity index (χ0n) is 10.9. The summed E-state index contributed by atoms with van der Waals surface area (Å²) in [6.45, 7) is 4.34. The predicted octanol–water partition coefficient (Wildman–Crippen LogP) is 3.91. The summed E-state index contributed by atoms with van der Waals surface area (Å²) in [6, 6.07) is 7.06. The maximum absolute atomic E-state index is 6.29. The molecule has 1 aromatic carbocycles. The van der Waals surface area contributed by atoms with Crippen molar-refractivity contribution in [3.05, 3.63) is 29.3 Å². The third kappa shape index (κ3) is 3.49. The Morgan fingerprint density at radius 1 is 1.29 bits per heavy atom. The van der Waals surface area contributed by atoms with Crippen LogP contribution in [-0.2, 0) is 0 Å². The number of hydrogen-bond acceptors (Lipinski definition) is 2. The third-order valence-electron chi connectivity index (χ3n) is 3.77. The zero-order chi connectivity index (χ0) is 12.3. The van der Waals surface area contributed by atoms with E-state index in [0.29, 0.717) is 6.04 Å². The summed E-state index contributed by atoms with van der Waals surface area (Å²) in [5.41, 5.74) is 9.01. The highest BCUT2D eigenvalue weighted by Gasteiger charge is 2.21. The molecule has 1 saturated carbocycles. The quantitative estimate of drug-likeness (QED) is 0.819. The average molecular weight is 249 g/mol. The van der Waals surface area contributed by atoms with Crippen molar-refractivity contribution >= 4 is 11.8 Å². The molecular formula is C15H23NS. The monoisotopic (exact) mass is 249 g/mol. The molecule has 1 aliphatic carbocycles. The first kappa shape index (κ1) is 13.0. The van der Waals surface area contributed by atoms with Crippen molar-refractivity contribution in [3.8, 4) is 0 Å². The Kier molecular flexibility index (Phi) is 4.52. The van der Waals surface area contributed by atoms with Gasteiger partial charge in [-0.1, -0.05) is 30.5 Å². The molecule has 2 N–H and O–H groups in total. The minimum absolute atomic E-state index is 0.378. The summed E-state index contributed by atoms with van der Waals surface area (Å²) in [5.74, 6) is 1.84. The molecule has 1 fully saturated rings. The number of benzene rings is 1. The summed E-state index contributed by atoms with van der Waals surface area (Å²) in [6.07, 6.45) is 5.45. The molecular weight excluding hydrogens is 226 g/mol. The lowest BCUT2D eigenvalue weighted by Crippen LogP contribution is -2.30. The molecule has 0 heterocycles. The Hall–Kier alpha value is -0.470. The van der Waals surface area contributed by atoms with Gasteiger partial charge in [-0.05, 0) is 44.2 Å². The van der Waals surface area contributed by atoms with Crippen molar-refractivity contribution < 1.29 is 0 Å². The van der Waals surface area contributed by atoms with Gasteiger partial charge in [0.05, 0.1) is 0 Å². The van der Waals surface area contributed by atoms with E-state index in [2.05, 4.69) is 32.0 Å². The van der Waals surface area contributed by atoms with Gasteiger partial charge in [0.15, 0.2) is 0 Å². The maximum Gasteiger partial charge on any atom is 0.0162 e. The van der Waals surface area contributed by atoms with Gasteiger partial charge in [0.1, 0.15) is 0 Å². The predicted molar refractivity (Wildman–Crippen MR) is 76.6 cm³/mol. The van der Waals surface area contributed by atoms with Gasteiger partial charge in [0.2, 0.25) is 0 Å². The van der Waals surface area contributed by atoms with Crippen molar-refractivity contribution in [1.29, 1.82) is 0 Å². The molecule has 1 atom stereocenters. The smallest absolute Gasteiger partial charge is 0.0162 e. The molecule has 17 heavy (non-hydrogen) atoms. The molecule has 0 aliphatic heterocycles. The summed E-state index contributed by atoms with van der Waals surface area (Å²) in [7, 11) is 0. The van der Waals surface area contributed by atoms with E-state index in [0.717, 1.165) is 11.7 Å². The van der Waals surface area contributed by atoms with Crippen LogP contribution in [0.25, 0.3) is 0 Å². The minimum Gasteiger partial charge on any atom is -0.327 e. The Morgan fingerprint density at radius 3 is 2.65 bits per heavy atom. The van der Waals surface area contributed by atoms with Gasteiger partial charge < -0.3 is 5.73 Å². The molecule has 1 unspecified atom stereocenters. The van der Waals surface area contributed by atoms with Crippen molar-refractivity contribution in [3.63, 3.8) is 0 Å². The SMILES string of the molecule is Cc1ccc(SCC(N)C2CCCC2)c(C)c1. The molecule has 94 valence electrons. The van der Waals surface area contributed by atoms with E-state index in [1.807, 2.05) is 11.8 Å². The number of thioether (sulfide) groups is 1. The number of rotatable bonds is 4. The number of hydrogen-bond donors (Lipinski definition) is 1. The highest BCUT2D eigenvalue weighted by Crippen LogP contribution is 2.30. The van der Waals surface area contributed by atoms with Gasteiger partial charge in [0, 0.05) is 16.7 Å². The molecule has 1 aromatic rings. The van der Waals surface area contributed by atoms with E-state index in [4.69, 9.17) is 5.73 Å². The van der Waals surface area contributed by atoms with Crippen LogP contribution < -0.4 is 5.73 Å². The number of nitrogens with two attached hydrogens (primary N) is 1. The Bertz CT molecular complexity index is 369. The van der Waals surface area contributed by atoms with Gasteiger partial charge in [0.25, 0.3) is 0 Å². The molecule has 0 spiro atoms. The molecule has 0 amide bonds. The maximum atomic E-state index is 6.29. The summed E-state index contributed by atoms with van der Waals surface area (Å²) in [4.78, 5) is 1.39. The van der Waals surface area contributed by atoms with Crippen LogP contribution in [0.15, 0.2) is 23.1 Å². The Balaban J connectivity index is 1.88. The van der Waals surface area contributed by atoms with Crippen LogP contribution in [0.5, 0.6) is 0 Å². The Morgan fingerprint density at radius 2 is 2.00 bits per heavy atom. The van der Waals surface area contributed by atoms with Crippen LogP contribution in [0.1, 0.15) is 36.8 Å². The van der Waals surface area contributed by atoms with Crippen molar-refractivity contribution in [2.45, 2.75) is 50.5 Å². The summed E-state index contributed by atoms with van der Waals surface area (Å²) < 4.78 is 0. The first-order valence-electron chi connectivity index (χ1n) is 6.62. The second kappa shape index (κ2) is 5.92. The fourth-order valence-electron chi connectivity index (χ4n) is 2.67. The largest absolute Gasteiger partial charge is 0.327 e. The first-order valence-corrected chi connectivity index (χ1v) is 7.61. The van der Waals surface area contributed by atoms with Crippen LogP contribution in [0.4, 0.5) is 0 Å². The van der Waals surface area contributed by atoms with E-state index >= 15 is 0 Å². The lowest BCUT2D eigenvalue weighted by atomic mass is 10.0. The molecule has 0 bridgehead atoms. The minimum atomic E-state index is 0.378. The lowest BCUT2D eigenvalue weighted by Gasteiger charge is -2.18. The second-order valence-electron chi connectivity index (χ2n) is 5.29. The van der Waals surface area contributed by atoms with E-state index in [1.54, 1.807) is 0 Å². The van der Waals surface area contributed by atoms with Crippen molar-refractivity contribution in [1.82, 2.24) is 0 Å². The average Bonchev–Trinajstić information content (AvgIpc) is 2.81. The standard InChI is InChI=1S/C15H23NS/c1-11-7-8-15(12(2)9-11)17-10-14(16)13-5-3-4-6-13/h7-9,13-14H,3-6,10,16H2,1-2H3. The molecule has 2 heteroatoms. The van der Waals surface area contributed by atoms with Gasteiger partial charge >= 0.3 is 0 Å². The van der Waals surface area contributed by atoms with E-state index in [1.165, 1.54) is 41.7 Å². The van der Waals surface area contributed by atoms with Gasteiger partial charge in [-0.3, -0.25) is 0 Å². The zero-order valence-corrected chi connectivity index (χ0v) is 11.7. The van der Waals surface area contributed by atoms with E-state index in [-0.39, 0.29) is 0 Å². The highest BCUT2D eigenvalue weighted by atomic mass is 32.2. The third-order valence-corrected chi connectivity index (χ3v) is 5.09. The second-order valence-corrected chi connectivity index (χ2v) is 6.35. The molecule has 1 aliphatic rings. The van der Waals surface area contributed by atoms with Crippen LogP contribution in [0, 0.1) is 19.8 Å². The van der Waals surface area contributed by atoms with Crippen molar-refractivity contribution in [2.24, 2.45) is 11.7 Å². The van der Waals surface area contributed by atoms with Crippen molar-refractivity contribution in [2.75, 3.05) is 5.75 Å². The first-order chi connectivity index (χ1) is 8.16. The summed E-state index contributed by atoms with van der Waals surface area (Å²) >= 11 is 1.93. The Labute approximate surface area is 109 Å². The van der Waals surface area contributed by atoms with Crippen LogP contribution in [-0.4, -0.2) is 11.8 Å². The topological polar surface area (TPSA) is 26.0 Å². The van der Waals surface area contributed by atoms with E-state index in [9.17, 15) is 0 Å². The normalized spacial score (nSPS) is 18.5. The molecule has 2 rings (SSSR count). The van der Waals surface area contributed by atoms with Crippen LogP contribution in [0.2, 0.25) is 0 Å². The fourth-order valence-corrected chi connectivity index (χ4v) is 3.76. The van der Waals surface area contributed by atoms with Gasteiger partial charge in [-0.25, -0.2) is 0 Å². The molecule has 0 saturated heterocycles. The van der Waals surface area contributed by atoms with E-state index < -0.39 is 0 Å². The summed E-state index contributed by atoms with van der Waals surface area (Å²) in [5, 5.41) is 0.